The number of aromatic nitrogens is 2. The lowest BCUT2D eigenvalue weighted by atomic mass is 9.71. The van der Waals surface area contributed by atoms with Gasteiger partial charge in [-0.2, -0.15) is 0 Å². The Balaban J connectivity index is 1.08. The molecule has 2 N–H and O–H groups in total. The van der Waals surface area contributed by atoms with Crippen LogP contribution in [-0.4, -0.2) is 58.3 Å². The van der Waals surface area contributed by atoms with Gasteiger partial charge in [0.25, 0.3) is 11.8 Å². The van der Waals surface area contributed by atoms with Gasteiger partial charge in [0.05, 0.1) is 0 Å². The lowest BCUT2D eigenvalue weighted by Gasteiger charge is -2.36. The van der Waals surface area contributed by atoms with E-state index in [2.05, 4.69) is 29.5 Å². The number of carbonyl (C=O) groups excluding carboxylic acids is 2. The number of carbonyl (C=O) groups is 2. The highest BCUT2D eigenvalue weighted by Crippen LogP contribution is 2.83. The van der Waals surface area contributed by atoms with Crippen LogP contribution in [0.1, 0.15) is 66.9 Å². The van der Waals surface area contributed by atoms with Crippen molar-refractivity contribution in [3.8, 4) is 0 Å². The summed E-state index contributed by atoms with van der Waals surface area (Å²) in [4.78, 5) is 33.0. The van der Waals surface area contributed by atoms with Gasteiger partial charge in [0.15, 0.2) is 0 Å². The van der Waals surface area contributed by atoms with Crippen molar-refractivity contribution in [3.63, 3.8) is 0 Å². The lowest BCUT2D eigenvalue weighted by Crippen LogP contribution is -2.54. The van der Waals surface area contributed by atoms with Gasteiger partial charge in [0.2, 0.25) is 0 Å². The van der Waals surface area contributed by atoms with E-state index in [4.69, 9.17) is 0 Å². The van der Waals surface area contributed by atoms with Gasteiger partial charge in [-0.05, 0) is 78.7 Å². The van der Waals surface area contributed by atoms with Crippen LogP contribution in [0, 0.1) is 34.5 Å². The predicted molar refractivity (Wildman–Crippen MR) is 128 cm³/mol. The summed E-state index contributed by atoms with van der Waals surface area (Å²) in [6.45, 7) is 7.28. The highest BCUT2D eigenvalue weighted by Gasteiger charge is 2.76. The van der Waals surface area contributed by atoms with E-state index in [1.807, 2.05) is 23.1 Å². The number of pyridine rings is 1. The molecule has 7 rings (SSSR count). The zero-order valence-electron chi connectivity index (χ0n) is 20.2. The molecule has 4 saturated carbocycles. The molecular weight excluding hydrogens is 426 g/mol. The maximum Gasteiger partial charge on any atom is 0.274 e. The maximum absolute atomic E-state index is 13.3. The van der Waals surface area contributed by atoms with Crippen molar-refractivity contribution in [1.29, 1.82) is 0 Å². The summed E-state index contributed by atoms with van der Waals surface area (Å²) < 4.78 is 1.79. The molecule has 0 aromatic carbocycles. The molecule has 2 amide bonds. The highest BCUT2D eigenvalue weighted by atomic mass is 16.2. The van der Waals surface area contributed by atoms with Crippen molar-refractivity contribution in [2.24, 2.45) is 34.5 Å². The third-order valence-corrected chi connectivity index (χ3v) is 9.88. The van der Waals surface area contributed by atoms with E-state index in [1.165, 1.54) is 32.1 Å². The van der Waals surface area contributed by atoms with Gasteiger partial charge in [-0.15, -0.1) is 0 Å². The largest absolute Gasteiger partial charge is 0.350 e. The van der Waals surface area contributed by atoms with Gasteiger partial charge >= 0.3 is 0 Å². The predicted octanol–water partition coefficient (Wildman–Crippen LogP) is 2.96. The van der Waals surface area contributed by atoms with Gasteiger partial charge in [-0.3, -0.25) is 14.0 Å². The van der Waals surface area contributed by atoms with Crippen molar-refractivity contribution in [1.82, 2.24) is 24.9 Å². The van der Waals surface area contributed by atoms with Crippen LogP contribution in [0.2, 0.25) is 0 Å². The fourth-order valence-electron chi connectivity index (χ4n) is 8.09. The van der Waals surface area contributed by atoms with Crippen LogP contribution in [-0.2, 0) is 0 Å². The SMILES string of the molecule is CC(C)[C@@H]1CN(C(=O)c2cn3c(C(=O)NCC45CC6CC6C6(CC6C4)C5)cccc3n2)CCN1. The molecule has 34 heavy (non-hydrogen) atoms. The van der Waals surface area contributed by atoms with Crippen molar-refractivity contribution < 1.29 is 9.59 Å². The van der Waals surface area contributed by atoms with Crippen LogP contribution >= 0.6 is 0 Å². The van der Waals surface area contributed by atoms with E-state index in [1.54, 1.807) is 10.6 Å². The molecular formula is C27H35N5O2. The Labute approximate surface area is 200 Å². The number of nitrogens with zero attached hydrogens (tertiary/aromatic N) is 3. The Morgan fingerprint density at radius 2 is 2.15 bits per heavy atom. The molecule has 1 saturated heterocycles. The molecule has 2 aromatic heterocycles. The molecule has 2 aromatic rings. The van der Waals surface area contributed by atoms with Gasteiger partial charge in [-0.1, -0.05) is 19.9 Å². The molecule has 5 fully saturated rings. The smallest absolute Gasteiger partial charge is 0.274 e. The third kappa shape index (κ3) is 3.08. The molecule has 0 radical (unpaired) electrons. The Bertz CT molecular complexity index is 1180. The molecule has 3 heterocycles. The standard InChI is InChI=1S/C27H35N5O2/c1-16(2)20-12-31(7-6-28-20)25(34)21-13-32-22(4-3-5-23(32)30-21)24(33)29-15-26-9-17-8-19(17)27(14-26)11-18(27)10-26/h3-5,13,16-20,28H,6-12,14-15H2,1-2H3,(H,29,33)/t17?,18?,19?,20-,26?,27?/m0/s1. The van der Waals surface area contributed by atoms with E-state index >= 15 is 0 Å². The summed E-state index contributed by atoms with van der Waals surface area (Å²) in [5.41, 5.74) is 2.58. The summed E-state index contributed by atoms with van der Waals surface area (Å²) in [7, 11) is 0. The first kappa shape index (κ1) is 20.9. The summed E-state index contributed by atoms with van der Waals surface area (Å²) in [5, 5.41) is 6.78. The second kappa shape index (κ2) is 7.06. The topological polar surface area (TPSA) is 78.7 Å². The molecule has 4 aliphatic carbocycles. The number of hydrogen-bond acceptors (Lipinski definition) is 4. The molecule has 180 valence electrons. The average molecular weight is 462 g/mol. The van der Waals surface area contributed by atoms with Crippen molar-refractivity contribution in [2.45, 2.75) is 52.0 Å². The Hall–Kier alpha value is -2.41. The normalized spacial score (nSPS) is 37.4. The lowest BCUT2D eigenvalue weighted by molar-refractivity contribution is 0.0678. The van der Waals surface area contributed by atoms with E-state index in [0.29, 0.717) is 52.9 Å². The fraction of sp³-hybridized carbons (Fsp3) is 0.667. The van der Waals surface area contributed by atoms with Gasteiger partial charge in [-0.25, -0.2) is 4.98 Å². The van der Waals surface area contributed by atoms with Crippen molar-refractivity contribution >= 4 is 17.5 Å². The second-order valence-electron chi connectivity index (χ2n) is 12.3. The second-order valence-corrected chi connectivity index (χ2v) is 12.3. The number of amides is 2. The van der Waals surface area contributed by atoms with E-state index in [0.717, 1.165) is 30.8 Å². The first-order chi connectivity index (χ1) is 16.4. The first-order valence-corrected chi connectivity index (χ1v) is 13.2. The summed E-state index contributed by atoms with van der Waals surface area (Å²) in [5.74, 6) is 3.19. The fourth-order valence-corrected chi connectivity index (χ4v) is 8.09. The molecule has 1 spiro atoms. The zero-order valence-corrected chi connectivity index (χ0v) is 20.2. The molecule has 2 bridgehead atoms. The summed E-state index contributed by atoms with van der Waals surface area (Å²) >= 11 is 0. The molecule has 7 nitrogen and oxygen atoms in total. The van der Waals surface area contributed by atoms with Gasteiger partial charge < -0.3 is 15.5 Å². The number of piperazine rings is 1. The van der Waals surface area contributed by atoms with Gasteiger partial charge in [0, 0.05) is 38.4 Å². The van der Waals surface area contributed by atoms with E-state index in [-0.39, 0.29) is 11.8 Å². The van der Waals surface area contributed by atoms with Crippen LogP contribution in [0.25, 0.3) is 5.65 Å². The number of imidazole rings is 1. The van der Waals surface area contributed by atoms with Crippen molar-refractivity contribution in [3.05, 3.63) is 35.8 Å². The van der Waals surface area contributed by atoms with E-state index in [9.17, 15) is 9.59 Å². The van der Waals surface area contributed by atoms with Crippen LogP contribution in [0.15, 0.2) is 24.4 Å². The quantitative estimate of drug-likeness (QED) is 0.718. The molecule has 5 aliphatic rings. The average Bonchev–Trinajstić information content (AvgIpc) is 3.67. The van der Waals surface area contributed by atoms with Crippen LogP contribution < -0.4 is 10.6 Å². The summed E-state index contributed by atoms with van der Waals surface area (Å²) in [6.07, 6.45) is 8.54. The zero-order chi connectivity index (χ0) is 23.2. The number of nitrogens with one attached hydrogen (secondary N) is 2. The minimum atomic E-state index is -0.0639. The Kier molecular flexibility index (Phi) is 4.34. The van der Waals surface area contributed by atoms with E-state index < -0.39 is 0 Å². The van der Waals surface area contributed by atoms with Crippen LogP contribution in [0.4, 0.5) is 0 Å². The number of fused-ring (bicyclic) bond motifs is 3. The number of rotatable bonds is 5. The minimum absolute atomic E-state index is 0.0576. The highest BCUT2D eigenvalue weighted by molar-refractivity contribution is 5.95. The molecule has 5 unspecified atom stereocenters. The van der Waals surface area contributed by atoms with Crippen LogP contribution in [0.3, 0.4) is 0 Å². The van der Waals surface area contributed by atoms with Crippen molar-refractivity contribution in [2.75, 3.05) is 26.2 Å². The minimum Gasteiger partial charge on any atom is -0.350 e. The maximum atomic E-state index is 13.3. The Morgan fingerprint density at radius 3 is 3.00 bits per heavy atom. The summed E-state index contributed by atoms with van der Waals surface area (Å²) in [6, 6.07) is 5.85. The molecule has 7 heteroatoms. The van der Waals surface area contributed by atoms with Gasteiger partial charge in [0.1, 0.15) is 17.0 Å². The molecule has 6 atom stereocenters. The monoisotopic (exact) mass is 461 g/mol. The Morgan fingerprint density at radius 1 is 1.26 bits per heavy atom. The first-order valence-electron chi connectivity index (χ1n) is 13.2. The molecule has 1 aliphatic heterocycles. The number of hydrogen-bond donors (Lipinski definition) is 2. The third-order valence-electron chi connectivity index (χ3n) is 9.88. The van der Waals surface area contributed by atoms with Crippen LogP contribution in [0.5, 0.6) is 0 Å².